The van der Waals surface area contributed by atoms with E-state index in [1.54, 1.807) is 12.3 Å². The minimum atomic E-state index is -4.39. The van der Waals surface area contributed by atoms with Crippen LogP contribution >= 0.6 is 0 Å². The van der Waals surface area contributed by atoms with E-state index in [1.165, 1.54) is 6.07 Å². The molecule has 2 N–H and O–H groups in total. The van der Waals surface area contributed by atoms with Gasteiger partial charge in [-0.1, -0.05) is 0 Å². The number of fused-ring (bicyclic) bond motifs is 1. The summed E-state index contributed by atoms with van der Waals surface area (Å²) in [4.78, 5) is 22.4. The standard InChI is InChI=1S/C22H21F3N6O2/c1-13-11-30(6-7-31(13)19-5-3-16(10-26-19)22(23,24)25)12-15-9-27-29-20(15)14-2-4-18-17(8-14)28-21(32)33-18/h2-5,8-10,13H,6-7,11-12H2,1H3,(H,27,29)(H,28,32)/t13-/m0/s1. The van der Waals surface area contributed by atoms with Gasteiger partial charge < -0.3 is 9.32 Å². The number of hydrogen-bond acceptors (Lipinski definition) is 6. The number of pyridine rings is 1. The van der Waals surface area contributed by atoms with Gasteiger partial charge in [-0.25, -0.2) is 9.78 Å². The first-order chi connectivity index (χ1) is 15.8. The number of hydrogen-bond donors (Lipinski definition) is 2. The second kappa shape index (κ2) is 8.07. The lowest BCUT2D eigenvalue weighted by Crippen LogP contribution is -2.51. The molecule has 0 radical (unpaired) electrons. The number of nitrogens with one attached hydrogen (secondary N) is 2. The second-order valence-electron chi connectivity index (χ2n) is 8.18. The van der Waals surface area contributed by atoms with Gasteiger partial charge in [-0.2, -0.15) is 18.3 Å². The van der Waals surface area contributed by atoms with Gasteiger partial charge in [0.1, 0.15) is 5.82 Å². The Bertz CT molecular complexity index is 1320. The summed E-state index contributed by atoms with van der Waals surface area (Å²) in [6.07, 6.45) is -1.72. The summed E-state index contributed by atoms with van der Waals surface area (Å²) in [5.74, 6) is 0.0444. The van der Waals surface area contributed by atoms with Crippen LogP contribution in [0.2, 0.25) is 0 Å². The fourth-order valence-corrected chi connectivity index (χ4v) is 4.27. The third kappa shape index (κ3) is 4.23. The van der Waals surface area contributed by atoms with E-state index in [4.69, 9.17) is 4.42 Å². The Morgan fingerprint density at radius 1 is 1.18 bits per heavy atom. The molecule has 1 aliphatic heterocycles. The number of nitrogens with zero attached hydrogens (tertiary/aromatic N) is 4. The van der Waals surface area contributed by atoms with Gasteiger partial charge in [-0.3, -0.25) is 15.0 Å². The molecule has 0 spiro atoms. The Morgan fingerprint density at radius 2 is 2.03 bits per heavy atom. The molecule has 4 aromatic rings. The molecule has 0 unspecified atom stereocenters. The number of alkyl halides is 3. The Morgan fingerprint density at radius 3 is 2.76 bits per heavy atom. The fourth-order valence-electron chi connectivity index (χ4n) is 4.27. The molecular formula is C22H21F3N6O2. The number of H-pyrrole nitrogens is 2. The number of aromatic nitrogens is 4. The van der Waals surface area contributed by atoms with Gasteiger partial charge in [0, 0.05) is 49.5 Å². The summed E-state index contributed by atoms with van der Waals surface area (Å²) >= 11 is 0. The second-order valence-corrected chi connectivity index (χ2v) is 8.18. The zero-order chi connectivity index (χ0) is 23.2. The molecule has 1 atom stereocenters. The van der Waals surface area contributed by atoms with Gasteiger partial charge in [-0.05, 0) is 37.3 Å². The quantitative estimate of drug-likeness (QED) is 0.485. The van der Waals surface area contributed by atoms with E-state index in [0.717, 1.165) is 42.2 Å². The first-order valence-electron chi connectivity index (χ1n) is 10.5. The summed E-state index contributed by atoms with van der Waals surface area (Å²) in [5.41, 5.74) is 3.11. The number of benzene rings is 1. The van der Waals surface area contributed by atoms with Crippen molar-refractivity contribution in [3.05, 3.63) is 64.4 Å². The Labute approximate surface area is 186 Å². The van der Waals surface area contributed by atoms with Crippen LogP contribution in [0.4, 0.5) is 19.0 Å². The van der Waals surface area contributed by atoms with Crippen LogP contribution < -0.4 is 10.7 Å². The lowest BCUT2D eigenvalue weighted by molar-refractivity contribution is -0.137. The molecule has 1 saturated heterocycles. The molecule has 1 aliphatic rings. The largest absolute Gasteiger partial charge is 0.417 e. The number of piperazine rings is 1. The summed E-state index contributed by atoms with van der Waals surface area (Å²) in [7, 11) is 0. The molecule has 0 amide bonds. The molecule has 0 aliphatic carbocycles. The molecule has 1 fully saturated rings. The topological polar surface area (TPSA) is 94.0 Å². The zero-order valence-electron chi connectivity index (χ0n) is 17.7. The van der Waals surface area contributed by atoms with Gasteiger partial charge in [0.15, 0.2) is 5.58 Å². The number of aromatic amines is 2. The third-order valence-electron chi connectivity index (χ3n) is 5.90. The lowest BCUT2D eigenvalue weighted by atomic mass is 10.1. The highest BCUT2D eigenvalue weighted by Gasteiger charge is 2.32. The molecule has 4 heterocycles. The van der Waals surface area contributed by atoms with Crippen LogP contribution in [0.5, 0.6) is 0 Å². The van der Waals surface area contributed by atoms with Crippen molar-refractivity contribution in [3.8, 4) is 11.3 Å². The minimum Gasteiger partial charge on any atom is -0.408 e. The predicted molar refractivity (Wildman–Crippen MR) is 116 cm³/mol. The summed E-state index contributed by atoms with van der Waals surface area (Å²) in [5, 5.41) is 7.23. The van der Waals surface area contributed by atoms with Crippen molar-refractivity contribution < 1.29 is 17.6 Å². The fraction of sp³-hybridized carbons (Fsp3) is 0.318. The van der Waals surface area contributed by atoms with Crippen LogP contribution in [0.3, 0.4) is 0 Å². The molecule has 0 saturated carbocycles. The van der Waals surface area contributed by atoms with E-state index < -0.39 is 17.5 Å². The third-order valence-corrected chi connectivity index (χ3v) is 5.90. The van der Waals surface area contributed by atoms with E-state index in [2.05, 4.69) is 25.1 Å². The Balaban J connectivity index is 1.28. The Kier molecular flexibility index (Phi) is 5.20. The van der Waals surface area contributed by atoms with Gasteiger partial charge in [0.25, 0.3) is 0 Å². The number of rotatable bonds is 4. The van der Waals surface area contributed by atoms with Crippen LogP contribution in [-0.4, -0.2) is 50.7 Å². The maximum atomic E-state index is 12.8. The first-order valence-corrected chi connectivity index (χ1v) is 10.5. The molecule has 33 heavy (non-hydrogen) atoms. The monoisotopic (exact) mass is 458 g/mol. The summed E-state index contributed by atoms with van der Waals surface area (Å²) < 4.78 is 43.5. The van der Waals surface area contributed by atoms with Crippen molar-refractivity contribution in [2.45, 2.75) is 25.7 Å². The minimum absolute atomic E-state index is 0.0747. The average Bonchev–Trinajstić information content (AvgIpc) is 3.38. The smallest absolute Gasteiger partial charge is 0.408 e. The van der Waals surface area contributed by atoms with E-state index in [1.807, 2.05) is 24.0 Å². The maximum Gasteiger partial charge on any atom is 0.417 e. The normalized spacial score (nSPS) is 17.7. The zero-order valence-corrected chi connectivity index (χ0v) is 17.7. The van der Waals surface area contributed by atoms with Crippen LogP contribution in [0, 0.1) is 0 Å². The molecule has 1 aromatic carbocycles. The Hall–Kier alpha value is -3.60. The van der Waals surface area contributed by atoms with Gasteiger partial charge in [0.05, 0.1) is 23.0 Å². The predicted octanol–water partition coefficient (Wildman–Crippen LogP) is 3.64. The molecule has 0 bridgehead atoms. The molecule has 3 aromatic heterocycles. The summed E-state index contributed by atoms with van der Waals surface area (Å²) in [6.45, 7) is 4.79. The van der Waals surface area contributed by atoms with Crippen molar-refractivity contribution in [2.24, 2.45) is 0 Å². The van der Waals surface area contributed by atoms with Crippen LogP contribution in [0.1, 0.15) is 18.1 Å². The lowest BCUT2D eigenvalue weighted by Gasteiger charge is -2.40. The molecule has 11 heteroatoms. The van der Waals surface area contributed by atoms with Gasteiger partial charge in [0.2, 0.25) is 0 Å². The summed E-state index contributed by atoms with van der Waals surface area (Å²) in [6, 6.07) is 8.03. The van der Waals surface area contributed by atoms with E-state index in [9.17, 15) is 18.0 Å². The van der Waals surface area contributed by atoms with Crippen molar-refractivity contribution in [3.63, 3.8) is 0 Å². The number of oxazole rings is 1. The van der Waals surface area contributed by atoms with Crippen LogP contribution in [-0.2, 0) is 12.7 Å². The van der Waals surface area contributed by atoms with Crippen LogP contribution in [0.15, 0.2) is 51.9 Å². The van der Waals surface area contributed by atoms with E-state index in [-0.39, 0.29) is 6.04 Å². The maximum absolute atomic E-state index is 12.8. The van der Waals surface area contributed by atoms with E-state index in [0.29, 0.717) is 30.0 Å². The van der Waals surface area contributed by atoms with Gasteiger partial charge in [-0.15, -0.1) is 0 Å². The highest BCUT2D eigenvalue weighted by atomic mass is 19.4. The molecular weight excluding hydrogens is 437 g/mol. The van der Waals surface area contributed by atoms with E-state index >= 15 is 0 Å². The SMILES string of the molecule is C[C@H]1CN(Cc2cn[nH]c2-c2ccc3oc(=O)[nH]c3c2)CCN1c1ccc(C(F)(F)F)cn1. The van der Waals surface area contributed by atoms with Crippen LogP contribution in [0.25, 0.3) is 22.4 Å². The average molecular weight is 458 g/mol. The van der Waals surface area contributed by atoms with Gasteiger partial charge >= 0.3 is 11.9 Å². The number of halogens is 3. The number of anilines is 1. The van der Waals surface area contributed by atoms with Crippen molar-refractivity contribution in [1.29, 1.82) is 0 Å². The highest BCUT2D eigenvalue weighted by molar-refractivity contribution is 5.79. The first kappa shape index (κ1) is 21.3. The van der Waals surface area contributed by atoms with Crippen molar-refractivity contribution in [2.75, 3.05) is 24.5 Å². The highest BCUT2D eigenvalue weighted by Crippen LogP contribution is 2.30. The molecule has 172 valence electrons. The molecule has 8 nitrogen and oxygen atoms in total. The molecule has 5 rings (SSSR count). The van der Waals surface area contributed by atoms with Crippen molar-refractivity contribution in [1.82, 2.24) is 25.1 Å². The van der Waals surface area contributed by atoms with Crippen molar-refractivity contribution >= 4 is 16.9 Å².